The molecule has 1 N–H and O–H groups in total. The molecular formula is C64H65N3O. The number of pyridine rings is 1. The molecule has 342 valence electrons. The second-order valence-electron chi connectivity index (χ2n) is 20.8. The van der Waals surface area contributed by atoms with Crippen LogP contribution in [0.15, 0.2) is 158 Å². The van der Waals surface area contributed by atoms with E-state index >= 15 is 0 Å². The number of rotatable bonds is 9. The molecule has 0 spiro atoms. The Hall–Kier alpha value is -7.04. The Morgan fingerprint density at radius 2 is 1.24 bits per heavy atom. The monoisotopic (exact) mass is 897 g/mol. The number of benzene rings is 7. The van der Waals surface area contributed by atoms with Crippen molar-refractivity contribution in [3.8, 4) is 78.6 Å². The van der Waals surface area contributed by atoms with Gasteiger partial charge in [-0.25, -0.2) is 4.98 Å². The van der Waals surface area contributed by atoms with Gasteiger partial charge in [-0.15, -0.1) is 0 Å². The highest BCUT2D eigenvalue weighted by Gasteiger charge is 2.27. The van der Waals surface area contributed by atoms with Gasteiger partial charge in [-0.1, -0.05) is 178 Å². The highest BCUT2D eigenvalue weighted by atomic mass is 16.3. The third-order valence-electron chi connectivity index (χ3n) is 13.2. The summed E-state index contributed by atoms with van der Waals surface area (Å²) in [6, 6.07) is 50.7. The number of aromatic hydroxyl groups is 1. The van der Waals surface area contributed by atoms with Gasteiger partial charge < -0.3 is 5.11 Å². The molecule has 0 fully saturated rings. The van der Waals surface area contributed by atoms with E-state index in [9.17, 15) is 7.85 Å². The number of para-hydroxylation sites is 1. The molecule has 7 aromatic carbocycles. The summed E-state index contributed by atoms with van der Waals surface area (Å²) in [6.45, 7) is 19.6. The van der Waals surface area contributed by atoms with E-state index < -0.39 is 18.6 Å². The Morgan fingerprint density at radius 3 is 1.90 bits per heavy atom. The van der Waals surface area contributed by atoms with Crippen molar-refractivity contribution in [3.63, 3.8) is 0 Å². The summed E-state index contributed by atoms with van der Waals surface area (Å²) >= 11 is 0. The molecule has 0 saturated carbocycles. The first-order valence-electron chi connectivity index (χ1n) is 26.1. The largest absolute Gasteiger partial charge is 0.507 e. The minimum Gasteiger partial charge on any atom is -0.507 e. The van der Waals surface area contributed by atoms with Gasteiger partial charge in [0.1, 0.15) is 11.6 Å². The van der Waals surface area contributed by atoms with E-state index in [1.165, 1.54) is 5.56 Å². The first-order valence-corrected chi connectivity index (χ1v) is 23.6. The highest BCUT2D eigenvalue weighted by Crippen LogP contribution is 2.45. The highest BCUT2D eigenvalue weighted by molar-refractivity contribution is 5.98. The van der Waals surface area contributed by atoms with Crippen molar-refractivity contribution in [3.05, 3.63) is 191 Å². The fourth-order valence-corrected chi connectivity index (χ4v) is 9.12. The van der Waals surface area contributed by atoms with E-state index in [2.05, 4.69) is 115 Å². The quantitative estimate of drug-likeness (QED) is 0.157. The number of phenols is 1. The number of hydrogen-bond donors (Lipinski definition) is 1. The first kappa shape index (κ1) is 40.1. The molecule has 9 aromatic rings. The van der Waals surface area contributed by atoms with Gasteiger partial charge in [0.25, 0.3) is 0 Å². The summed E-state index contributed by atoms with van der Waals surface area (Å²) in [6.07, 6.45) is 1.86. The lowest BCUT2D eigenvalue weighted by Gasteiger charge is -2.22. The zero-order valence-corrected chi connectivity index (χ0v) is 41.3. The number of imidazole rings is 1. The molecule has 2 heterocycles. The van der Waals surface area contributed by atoms with Gasteiger partial charge >= 0.3 is 0 Å². The van der Waals surface area contributed by atoms with Gasteiger partial charge in [0, 0.05) is 29.7 Å². The Balaban J connectivity index is 1.40. The minimum atomic E-state index is -2.54. The van der Waals surface area contributed by atoms with Crippen LogP contribution < -0.4 is 0 Å². The van der Waals surface area contributed by atoms with Crippen LogP contribution in [0.2, 0.25) is 0 Å². The van der Waals surface area contributed by atoms with Crippen molar-refractivity contribution in [2.45, 2.75) is 106 Å². The fraction of sp³-hybridized carbons (Fsp3) is 0.250. The molecule has 68 heavy (non-hydrogen) atoms. The zero-order valence-electron chi connectivity index (χ0n) is 46.3. The van der Waals surface area contributed by atoms with Crippen LogP contribution in [0.4, 0.5) is 0 Å². The fourth-order valence-electron chi connectivity index (χ4n) is 9.12. The number of aryl methyl sites for hydroxylation is 2. The number of phenolic OH excluding ortho intramolecular Hbond substituents is 1. The lowest BCUT2D eigenvalue weighted by atomic mass is 9.83. The van der Waals surface area contributed by atoms with Crippen LogP contribution >= 0.6 is 0 Å². The molecule has 0 aliphatic rings. The van der Waals surface area contributed by atoms with Crippen molar-refractivity contribution in [2.24, 2.45) is 0 Å². The summed E-state index contributed by atoms with van der Waals surface area (Å²) in [7, 11) is 0. The smallest absolute Gasteiger partial charge is 0.149 e. The first-order chi connectivity index (χ1) is 34.2. The molecule has 0 amide bonds. The topological polar surface area (TPSA) is 50.9 Å². The third-order valence-corrected chi connectivity index (χ3v) is 13.2. The van der Waals surface area contributed by atoms with Crippen LogP contribution in [0.5, 0.6) is 5.75 Å². The molecule has 0 bridgehead atoms. The van der Waals surface area contributed by atoms with Crippen LogP contribution in [-0.2, 0) is 10.8 Å². The molecule has 9 rings (SSSR count). The molecule has 0 atom stereocenters. The van der Waals surface area contributed by atoms with Gasteiger partial charge in [-0.2, -0.15) is 0 Å². The van der Waals surface area contributed by atoms with Gasteiger partial charge in [-0.3, -0.25) is 9.55 Å². The lowest BCUT2D eigenvalue weighted by molar-refractivity contribution is 0.466. The molecule has 4 nitrogen and oxygen atoms in total. The van der Waals surface area contributed by atoms with E-state index in [1.54, 1.807) is 45.9 Å². The molecule has 0 aliphatic heterocycles. The summed E-state index contributed by atoms with van der Waals surface area (Å²) in [5.41, 5.74) is 15.0. The van der Waals surface area contributed by atoms with Crippen molar-refractivity contribution in [1.82, 2.24) is 14.5 Å². The Bertz CT molecular complexity index is 3530. The normalized spacial score (nSPS) is 13.7. The summed E-state index contributed by atoms with van der Waals surface area (Å²) in [5, 5.41) is 12.6. The van der Waals surface area contributed by atoms with Crippen LogP contribution in [0, 0.1) is 13.8 Å². The van der Waals surface area contributed by atoms with Gasteiger partial charge in [0.2, 0.25) is 0 Å². The minimum absolute atomic E-state index is 0.103. The number of fused-ring (bicyclic) bond motifs is 1. The molecule has 0 aliphatic carbocycles. The van der Waals surface area contributed by atoms with E-state index in [1.807, 2.05) is 77.5 Å². The van der Waals surface area contributed by atoms with Crippen molar-refractivity contribution in [1.29, 1.82) is 0 Å². The predicted molar refractivity (Wildman–Crippen MR) is 288 cm³/mol. The Kier molecular flexibility index (Phi) is 10.5. The van der Waals surface area contributed by atoms with Gasteiger partial charge in [0.05, 0.1) is 28.0 Å². The van der Waals surface area contributed by atoms with E-state index in [0.29, 0.717) is 44.8 Å². The molecule has 0 radical (unpaired) electrons. The lowest BCUT2D eigenvalue weighted by Crippen LogP contribution is -2.11. The molecule has 0 saturated heterocycles. The third kappa shape index (κ3) is 8.93. The van der Waals surface area contributed by atoms with Crippen LogP contribution in [0.3, 0.4) is 0 Å². The maximum absolute atomic E-state index is 12.6. The van der Waals surface area contributed by atoms with Crippen molar-refractivity contribution in [2.75, 3.05) is 0 Å². The molecule has 2 aromatic heterocycles. The molecule has 4 heteroatoms. The second-order valence-corrected chi connectivity index (χ2v) is 20.8. The van der Waals surface area contributed by atoms with E-state index in [0.717, 1.165) is 61.3 Å². The van der Waals surface area contributed by atoms with Crippen molar-refractivity contribution < 1.29 is 12.0 Å². The molecule has 0 unspecified atom stereocenters. The van der Waals surface area contributed by atoms with Crippen LogP contribution in [0.25, 0.3) is 83.9 Å². The number of hydrogen-bond acceptors (Lipinski definition) is 3. The van der Waals surface area contributed by atoms with E-state index in [4.69, 9.17) is 14.1 Å². The van der Waals surface area contributed by atoms with Gasteiger partial charge in [-0.05, 0) is 146 Å². The van der Waals surface area contributed by atoms with Crippen LogP contribution in [0.1, 0.15) is 121 Å². The number of nitrogens with zero attached hydrogens (tertiary/aromatic N) is 3. The Morgan fingerprint density at radius 1 is 0.559 bits per heavy atom. The van der Waals surface area contributed by atoms with Crippen LogP contribution in [-0.4, -0.2) is 19.6 Å². The SMILES string of the molecule is [2H]C([2H])([2H])c1cc(-n2c(-c3cc(C([2H])(C)C)cc(C([2H])(C)C)c3O)nc3c(-c4cc(-c5cc(-c6ccc(C)cc6)ccn5)cc(C(C)(C)C)c4)cccc32)c(-c2ccccc2)cc1-c1ccc(C(C)(C)C)cc1. The van der Waals surface area contributed by atoms with Crippen molar-refractivity contribution >= 4 is 11.0 Å². The maximum atomic E-state index is 12.6. The maximum Gasteiger partial charge on any atom is 0.149 e. The Labute approximate surface area is 411 Å². The summed E-state index contributed by atoms with van der Waals surface area (Å²) < 4.78 is 47.8. The average molecular weight is 897 g/mol. The van der Waals surface area contributed by atoms with Gasteiger partial charge in [0.15, 0.2) is 0 Å². The van der Waals surface area contributed by atoms with E-state index in [-0.39, 0.29) is 22.1 Å². The predicted octanol–water partition coefficient (Wildman–Crippen LogP) is 17.6. The number of aromatic nitrogens is 3. The standard InChI is InChI=1S/C64H65N3O/c1-39(2)47-35-53(40(3)4)61(68)56(36-47)62-66-60-52(48-32-49(34-51(33-48)64(10,11)12)57-37-46(29-30-65-57)43-23-21-41(5)22-24-43)19-16-20-58(60)67(62)59-31-42(6)54(38-55(59)44-17-14-13-15-18-44)45-25-27-50(28-26-45)63(7,8)9/h13-40,68H,1-12H3/i6D3,39D,40D. The second kappa shape index (κ2) is 17.9. The zero-order chi connectivity index (χ0) is 52.6. The average Bonchev–Trinajstić information content (AvgIpc) is 3.72. The summed E-state index contributed by atoms with van der Waals surface area (Å²) in [5.74, 6) is -2.17. The summed E-state index contributed by atoms with van der Waals surface area (Å²) in [4.78, 5) is 10.5. The molecular weight excluding hydrogens is 827 g/mol.